The monoisotopic (exact) mass is 482 g/mol. The molecular weight excluding hydrogens is 463 g/mol. The lowest BCUT2D eigenvalue weighted by Crippen LogP contribution is -2.43. The predicted octanol–water partition coefficient (Wildman–Crippen LogP) is 4.73. The molecule has 4 rings (SSSR count). The Kier molecular flexibility index (Phi) is 5.43. The first-order chi connectivity index (χ1) is 15.8. The van der Waals surface area contributed by atoms with Crippen LogP contribution in [-0.4, -0.2) is 45.8 Å². The van der Waals surface area contributed by atoms with E-state index in [1.165, 1.54) is 4.90 Å². The van der Waals surface area contributed by atoms with Gasteiger partial charge in [-0.1, -0.05) is 18.2 Å². The number of rotatable bonds is 5. The van der Waals surface area contributed by atoms with Crippen LogP contribution < -0.4 is 4.74 Å². The molecule has 2 aliphatic rings. The van der Waals surface area contributed by atoms with Gasteiger partial charge in [0.25, 0.3) is 5.91 Å². The third kappa shape index (κ3) is 3.69. The number of carbonyl (C=O) groups is 2. The molecule has 0 saturated heterocycles. The standard InChI is InChI=1S/C23H19F5N2O4/c1-21(2)17(11-29(33)12-31)19(30-10-13-5-3-4-6-15(13)20(30)32)16-9-14(7-8-18(16)34-21)22(24,25)23(26,27)28/h3-9,12,33H,10-11H2,1-2H3. The molecule has 180 valence electrons. The van der Waals surface area contributed by atoms with Crippen LogP contribution in [-0.2, 0) is 17.3 Å². The molecule has 0 aromatic heterocycles. The number of hydrogen-bond acceptors (Lipinski definition) is 4. The van der Waals surface area contributed by atoms with Gasteiger partial charge in [0.15, 0.2) is 0 Å². The number of carbonyl (C=O) groups excluding carboxylic acids is 2. The Bertz CT molecular complexity index is 1210. The lowest BCUT2D eigenvalue weighted by molar-refractivity contribution is -0.289. The molecule has 2 aliphatic heterocycles. The summed E-state index contributed by atoms with van der Waals surface area (Å²) in [6.45, 7) is 2.66. The molecule has 0 spiro atoms. The van der Waals surface area contributed by atoms with Gasteiger partial charge in [0.05, 0.1) is 18.8 Å². The molecule has 2 amide bonds. The second-order valence-corrected chi connectivity index (χ2v) is 8.47. The number of hydroxylamine groups is 2. The summed E-state index contributed by atoms with van der Waals surface area (Å²) in [6, 6.07) is 8.85. The zero-order valence-electron chi connectivity index (χ0n) is 18.0. The van der Waals surface area contributed by atoms with E-state index in [1.807, 2.05) is 0 Å². The molecule has 1 N–H and O–H groups in total. The molecule has 0 radical (unpaired) electrons. The van der Waals surface area contributed by atoms with Crippen LogP contribution in [0.25, 0.3) is 5.70 Å². The second-order valence-electron chi connectivity index (χ2n) is 8.47. The summed E-state index contributed by atoms with van der Waals surface area (Å²) in [5, 5.41) is 10.2. The minimum absolute atomic E-state index is 0.00632. The summed E-state index contributed by atoms with van der Waals surface area (Å²) in [5.41, 5.74) is -1.67. The average Bonchev–Trinajstić information content (AvgIpc) is 3.09. The molecule has 0 unspecified atom stereocenters. The van der Waals surface area contributed by atoms with Crippen molar-refractivity contribution in [2.75, 3.05) is 6.54 Å². The Morgan fingerprint density at radius 3 is 2.41 bits per heavy atom. The smallest absolute Gasteiger partial charge is 0.458 e. The molecular formula is C23H19F5N2O4. The highest BCUT2D eigenvalue weighted by molar-refractivity contribution is 6.04. The Hall–Kier alpha value is -3.47. The van der Waals surface area contributed by atoms with E-state index >= 15 is 0 Å². The van der Waals surface area contributed by atoms with Crippen molar-refractivity contribution in [2.45, 2.75) is 38.1 Å². The SMILES string of the molecule is CC1(C)Oc2ccc(C(F)(F)C(F)(F)F)cc2C(N2Cc3ccccc3C2=O)=C1CN(O)C=O. The topological polar surface area (TPSA) is 70.1 Å². The van der Waals surface area contributed by atoms with Gasteiger partial charge in [-0.05, 0) is 43.7 Å². The van der Waals surface area contributed by atoms with E-state index in [9.17, 15) is 36.7 Å². The molecule has 0 atom stereocenters. The molecule has 0 fully saturated rings. The Morgan fingerprint density at radius 2 is 1.79 bits per heavy atom. The van der Waals surface area contributed by atoms with Crippen molar-refractivity contribution in [3.05, 3.63) is 70.3 Å². The Labute approximate surface area is 190 Å². The lowest BCUT2D eigenvalue weighted by Gasteiger charge is -2.40. The van der Waals surface area contributed by atoms with Crippen molar-refractivity contribution in [2.24, 2.45) is 0 Å². The third-order valence-electron chi connectivity index (χ3n) is 5.86. The fourth-order valence-corrected chi connectivity index (χ4v) is 4.16. The van der Waals surface area contributed by atoms with Gasteiger partial charge in [0.2, 0.25) is 6.41 Å². The Balaban J connectivity index is 1.96. The number of halogens is 5. The van der Waals surface area contributed by atoms with Crippen molar-refractivity contribution in [3.8, 4) is 5.75 Å². The van der Waals surface area contributed by atoms with E-state index in [0.29, 0.717) is 23.3 Å². The molecule has 0 bridgehead atoms. The minimum Gasteiger partial charge on any atom is -0.483 e. The maximum atomic E-state index is 14.2. The van der Waals surface area contributed by atoms with E-state index in [1.54, 1.807) is 38.1 Å². The maximum absolute atomic E-state index is 14.2. The van der Waals surface area contributed by atoms with Gasteiger partial charge in [-0.15, -0.1) is 0 Å². The van der Waals surface area contributed by atoms with Crippen molar-refractivity contribution in [1.29, 1.82) is 0 Å². The number of ether oxygens (including phenoxy) is 1. The number of alkyl halides is 5. The normalized spacial score (nSPS) is 17.3. The van der Waals surface area contributed by atoms with Crippen LogP contribution in [0.3, 0.4) is 0 Å². The number of nitrogens with zero attached hydrogens (tertiary/aromatic N) is 2. The number of fused-ring (bicyclic) bond motifs is 2. The van der Waals surface area contributed by atoms with E-state index in [2.05, 4.69) is 0 Å². The van der Waals surface area contributed by atoms with Crippen molar-refractivity contribution < 1.29 is 41.5 Å². The van der Waals surface area contributed by atoms with E-state index < -0.39 is 35.7 Å². The quantitative estimate of drug-likeness (QED) is 0.290. The number of hydrogen-bond donors (Lipinski definition) is 1. The molecule has 34 heavy (non-hydrogen) atoms. The molecule has 0 saturated carbocycles. The summed E-state index contributed by atoms with van der Waals surface area (Å²) in [6.07, 6.45) is -5.74. The predicted molar refractivity (Wildman–Crippen MR) is 109 cm³/mol. The highest BCUT2D eigenvalue weighted by Gasteiger charge is 2.59. The molecule has 2 aromatic rings. The van der Waals surface area contributed by atoms with Crippen LogP contribution in [0.5, 0.6) is 5.75 Å². The molecule has 2 aromatic carbocycles. The largest absolute Gasteiger partial charge is 0.483 e. The van der Waals surface area contributed by atoms with Gasteiger partial charge in [-0.25, -0.2) is 5.06 Å². The van der Waals surface area contributed by atoms with Crippen molar-refractivity contribution in [3.63, 3.8) is 0 Å². The zero-order valence-corrected chi connectivity index (χ0v) is 18.0. The third-order valence-corrected chi connectivity index (χ3v) is 5.86. The van der Waals surface area contributed by atoms with E-state index in [-0.39, 0.29) is 40.6 Å². The minimum atomic E-state index is -5.85. The summed E-state index contributed by atoms with van der Waals surface area (Å²) in [5.74, 6) is -5.69. The van der Waals surface area contributed by atoms with Crippen LogP contribution in [0.4, 0.5) is 22.0 Å². The highest BCUT2D eigenvalue weighted by Crippen LogP contribution is 2.49. The van der Waals surface area contributed by atoms with Gasteiger partial charge >= 0.3 is 12.1 Å². The Morgan fingerprint density at radius 1 is 1.12 bits per heavy atom. The highest BCUT2D eigenvalue weighted by atomic mass is 19.4. The molecule has 0 aliphatic carbocycles. The first-order valence-electron chi connectivity index (χ1n) is 10.1. The van der Waals surface area contributed by atoms with Crippen LogP contribution in [0, 0.1) is 0 Å². The maximum Gasteiger partial charge on any atom is 0.458 e. The molecule has 2 heterocycles. The van der Waals surface area contributed by atoms with Gasteiger partial charge in [0.1, 0.15) is 11.4 Å². The van der Waals surface area contributed by atoms with E-state index in [0.717, 1.165) is 6.07 Å². The van der Waals surface area contributed by atoms with Crippen LogP contribution in [0.2, 0.25) is 0 Å². The fourth-order valence-electron chi connectivity index (χ4n) is 4.16. The molecule has 6 nitrogen and oxygen atoms in total. The van der Waals surface area contributed by atoms with Crippen molar-refractivity contribution >= 4 is 18.0 Å². The van der Waals surface area contributed by atoms with Gasteiger partial charge in [0, 0.05) is 22.3 Å². The summed E-state index contributed by atoms with van der Waals surface area (Å²) in [7, 11) is 0. The van der Waals surface area contributed by atoms with Crippen molar-refractivity contribution in [1.82, 2.24) is 9.96 Å². The number of benzene rings is 2. The summed E-state index contributed by atoms with van der Waals surface area (Å²) < 4.78 is 73.4. The van der Waals surface area contributed by atoms with Crippen LogP contribution >= 0.6 is 0 Å². The summed E-state index contributed by atoms with van der Waals surface area (Å²) in [4.78, 5) is 25.6. The second kappa shape index (κ2) is 7.79. The summed E-state index contributed by atoms with van der Waals surface area (Å²) >= 11 is 0. The lowest BCUT2D eigenvalue weighted by atomic mass is 9.87. The first kappa shape index (κ1) is 23.7. The fraction of sp³-hybridized carbons (Fsp3) is 0.304. The zero-order chi connectivity index (χ0) is 25.1. The first-order valence-corrected chi connectivity index (χ1v) is 10.1. The van der Waals surface area contributed by atoms with Crippen LogP contribution in [0.1, 0.15) is 40.9 Å². The van der Waals surface area contributed by atoms with Gasteiger partial charge in [-0.2, -0.15) is 22.0 Å². The average molecular weight is 482 g/mol. The van der Waals surface area contributed by atoms with E-state index in [4.69, 9.17) is 4.74 Å². The van der Waals surface area contributed by atoms with Gasteiger partial charge in [-0.3, -0.25) is 14.8 Å². The van der Waals surface area contributed by atoms with Crippen LogP contribution in [0.15, 0.2) is 48.0 Å². The number of amides is 2. The van der Waals surface area contributed by atoms with Gasteiger partial charge < -0.3 is 9.64 Å². The molecule has 11 heteroatoms.